The fourth-order valence-electron chi connectivity index (χ4n) is 1.73. The molecule has 0 saturated carbocycles. The first-order valence-corrected chi connectivity index (χ1v) is 6.25. The SMILES string of the molecule is COc1ccc(C)cc1CCC(Cl)C(C)C. The standard InChI is InChI=1S/C14H21ClO/c1-10(2)13(15)7-6-12-9-11(3)5-8-14(12)16-4/h5,8-10,13H,6-7H2,1-4H3. The lowest BCUT2D eigenvalue weighted by molar-refractivity contribution is 0.408. The maximum atomic E-state index is 6.26. The summed E-state index contributed by atoms with van der Waals surface area (Å²) in [5.74, 6) is 1.50. The smallest absolute Gasteiger partial charge is 0.122 e. The molecule has 0 aliphatic heterocycles. The summed E-state index contributed by atoms with van der Waals surface area (Å²) in [6.45, 7) is 6.42. The number of ether oxygens (including phenoxy) is 1. The van der Waals surface area contributed by atoms with Gasteiger partial charge in [-0.3, -0.25) is 0 Å². The minimum atomic E-state index is 0.241. The molecule has 0 bridgehead atoms. The summed E-state index contributed by atoms with van der Waals surface area (Å²) >= 11 is 6.26. The molecular weight excluding hydrogens is 220 g/mol. The largest absolute Gasteiger partial charge is 0.496 e. The first-order chi connectivity index (χ1) is 7.54. The van der Waals surface area contributed by atoms with Crippen LogP contribution in [0.2, 0.25) is 0 Å². The van der Waals surface area contributed by atoms with Crippen LogP contribution in [-0.4, -0.2) is 12.5 Å². The second-order valence-corrected chi connectivity index (χ2v) is 5.17. The summed E-state index contributed by atoms with van der Waals surface area (Å²) in [5, 5.41) is 0.241. The molecule has 1 nitrogen and oxygen atoms in total. The monoisotopic (exact) mass is 240 g/mol. The lowest BCUT2D eigenvalue weighted by Crippen LogP contribution is -2.09. The number of rotatable bonds is 5. The number of benzene rings is 1. The lowest BCUT2D eigenvalue weighted by atomic mass is 10.00. The Balaban J connectivity index is 2.68. The highest BCUT2D eigenvalue weighted by molar-refractivity contribution is 6.20. The van der Waals surface area contributed by atoms with E-state index in [-0.39, 0.29) is 5.38 Å². The second kappa shape index (κ2) is 6.15. The summed E-state index contributed by atoms with van der Waals surface area (Å²) in [6, 6.07) is 6.29. The van der Waals surface area contributed by atoms with Crippen LogP contribution in [-0.2, 0) is 6.42 Å². The van der Waals surface area contributed by atoms with Crippen molar-refractivity contribution in [3.8, 4) is 5.75 Å². The van der Waals surface area contributed by atoms with Gasteiger partial charge in [0.2, 0.25) is 0 Å². The van der Waals surface area contributed by atoms with Crippen molar-refractivity contribution in [3.63, 3.8) is 0 Å². The molecule has 0 N–H and O–H groups in total. The Morgan fingerprint density at radius 1 is 1.31 bits per heavy atom. The third kappa shape index (κ3) is 3.71. The molecule has 90 valence electrons. The quantitative estimate of drug-likeness (QED) is 0.701. The van der Waals surface area contributed by atoms with Crippen molar-refractivity contribution in [1.82, 2.24) is 0 Å². The van der Waals surface area contributed by atoms with Crippen molar-refractivity contribution in [1.29, 1.82) is 0 Å². The molecule has 0 saturated heterocycles. The molecule has 0 aromatic heterocycles. The van der Waals surface area contributed by atoms with E-state index in [1.807, 2.05) is 6.07 Å². The summed E-state index contributed by atoms with van der Waals surface area (Å²) in [7, 11) is 1.72. The van der Waals surface area contributed by atoms with Gasteiger partial charge < -0.3 is 4.74 Å². The van der Waals surface area contributed by atoms with E-state index in [4.69, 9.17) is 16.3 Å². The molecule has 1 rings (SSSR count). The molecule has 0 aliphatic rings. The van der Waals surface area contributed by atoms with Gasteiger partial charge in [-0.1, -0.05) is 31.5 Å². The number of methoxy groups -OCH3 is 1. The van der Waals surface area contributed by atoms with Crippen LogP contribution >= 0.6 is 11.6 Å². The highest BCUT2D eigenvalue weighted by Gasteiger charge is 2.11. The van der Waals surface area contributed by atoms with E-state index in [1.165, 1.54) is 11.1 Å². The van der Waals surface area contributed by atoms with Crippen LogP contribution in [0.3, 0.4) is 0 Å². The van der Waals surface area contributed by atoms with Crippen LogP contribution in [0.25, 0.3) is 0 Å². The van der Waals surface area contributed by atoms with Crippen molar-refractivity contribution in [2.24, 2.45) is 5.92 Å². The molecule has 16 heavy (non-hydrogen) atoms. The molecule has 1 unspecified atom stereocenters. The molecule has 2 heteroatoms. The van der Waals surface area contributed by atoms with Gasteiger partial charge in [0.15, 0.2) is 0 Å². The Morgan fingerprint density at radius 3 is 2.56 bits per heavy atom. The van der Waals surface area contributed by atoms with Gasteiger partial charge in [0, 0.05) is 5.38 Å². The maximum absolute atomic E-state index is 6.26. The Bertz CT molecular complexity index is 334. The fraction of sp³-hybridized carbons (Fsp3) is 0.571. The van der Waals surface area contributed by atoms with Gasteiger partial charge >= 0.3 is 0 Å². The molecule has 1 aromatic rings. The van der Waals surface area contributed by atoms with Crippen molar-refractivity contribution < 1.29 is 4.74 Å². The van der Waals surface area contributed by atoms with Crippen molar-refractivity contribution in [2.45, 2.75) is 39.0 Å². The molecule has 0 heterocycles. The number of alkyl halides is 1. The van der Waals surface area contributed by atoms with Crippen molar-refractivity contribution >= 4 is 11.6 Å². The molecule has 0 radical (unpaired) electrons. The molecule has 1 aromatic carbocycles. The van der Waals surface area contributed by atoms with Gasteiger partial charge in [0.05, 0.1) is 7.11 Å². The van der Waals surface area contributed by atoms with E-state index in [0.29, 0.717) is 5.92 Å². The minimum absolute atomic E-state index is 0.241. The van der Waals surface area contributed by atoms with E-state index in [0.717, 1.165) is 18.6 Å². The van der Waals surface area contributed by atoms with Crippen molar-refractivity contribution in [3.05, 3.63) is 29.3 Å². The Kier molecular flexibility index (Phi) is 5.14. The molecule has 0 spiro atoms. The zero-order valence-corrected chi connectivity index (χ0v) is 11.3. The van der Waals surface area contributed by atoms with Crippen LogP contribution in [0.15, 0.2) is 18.2 Å². The van der Waals surface area contributed by atoms with Crippen LogP contribution in [0.4, 0.5) is 0 Å². The Morgan fingerprint density at radius 2 is 2.00 bits per heavy atom. The summed E-state index contributed by atoms with van der Waals surface area (Å²) < 4.78 is 5.35. The summed E-state index contributed by atoms with van der Waals surface area (Å²) in [6.07, 6.45) is 1.98. The zero-order chi connectivity index (χ0) is 12.1. The van der Waals surface area contributed by atoms with Crippen LogP contribution < -0.4 is 4.74 Å². The molecule has 0 amide bonds. The predicted octanol–water partition coefficient (Wildman–Crippen LogP) is 4.20. The van der Waals surface area contributed by atoms with Crippen LogP contribution in [0.5, 0.6) is 5.75 Å². The molecular formula is C14H21ClO. The maximum Gasteiger partial charge on any atom is 0.122 e. The fourth-order valence-corrected chi connectivity index (χ4v) is 1.84. The Labute approximate surface area is 104 Å². The number of hydrogen-bond donors (Lipinski definition) is 0. The highest BCUT2D eigenvalue weighted by Crippen LogP contribution is 2.24. The normalized spacial score (nSPS) is 12.9. The number of aryl methyl sites for hydroxylation is 2. The first kappa shape index (κ1) is 13.4. The van der Waals surface area contributed by atoms with Gasteiger partial charge in [-0.2, -0.15) is 0 Å². The Hall–Kier alpha value is -0.690. The van der Waals surface area contributed by atoms with Gasteiger partial charge in [0.1, 0.15) is 5.75 Å². The summed E-state index contributed by atoms with van der Waals surface area (Å²) in [4.78, 5) is 0. The molecule has 0 aliphatic carbocycles. The lowest BCUT2D eigenvalue weighted by Gasteiger charge is -2.14. The first-order valence-electron chi connectivity index (χ1n) is 5.82. The third-order valence-electron chi connectivity index (χ3n) is 2.85. The van der Waals surface area contributed by atoms with E-state index in [9.17, 15) is 0 Å². The van der Waals surface area contributed by atoms with E-state index in [2.05, 4.69) is 32.9 Å². The van der Waals surface area contributed by atoms with E-state index >= 15 is 0 Å². The third-order valence-corrected chi connectivity index (χ3v) is 3.57. The minimum Gasteiger partial charge on any atom is -0.496 e. The molecule has 0 fully saturated rings. The summed E-state index contributed by atoms with van der Waals surface area (Å²) in [5.41, 5.74) is 2.53. The average Bonchev–Trinajstić information content (AvgIpc) is 2.25. The second-order valence-electron chi connectivity index (χ2n) is 4.61. The average molecular weight is 241 g/mol. The van der Waals surface area contributed by atoms with Gasteiger partial charge in [-0.15, -0.1) is 11.6 Å². The highest BCUT2D eigenvalue weighted by atomic mass is 35.5. The van der Waals surface area contributed by atoms with Gasteiger partial charge in [-0.05, 0) is 37.3 Å². The zero-order valence-electron chi connectivity index (χ0n) is 10.6. The number of halogens is 1. The topological polar surface area (TPSA) is 9.23 Å². The van der Waals surface area contributed by atoms with Crippen LogP contribution in [0, 0.1) is 12.8 Å². The van der Waals surface area contributed by atoms with Gasteiger partial charge in [0.25, 0.3) is 0 Å². The molecule has 1 atom stereocenters. The van der Waals surface area contributed by atoms with Crippen LogP contribution in [0.1, 0.15) is 31.4 Å². The van der Waals surface area contributed by atoms with E-state index < -0.39 is 0 Å². The van der Waals surface area contributed by atoms with Crippen molar-refractivity contribution in [2.75, 3.05) is 7.11 Å². The van der Waals surface area contributed by atoms with E-state index in [1.54, 1.807) is 7.11 Å². The predicted molar refractivity (Wildman–Crippen MR) is 70.5 cm³/mol. The van der Waals surface area contributed by atoms with Gasteiger partial charge in [-0.25, -0.2) is 0 Å². The number of hydrogen-bond acceptors (Lipinski definition) is 1.